The highest BCUT2D eigenvalue weighted by Gasteiger charge is 2.32. The molecule has 1 fully saturated rings. The summed E-state index contributed by atoms with van der Waals surface area (Å²) in [5.41, 5.74) is 6.68. The maximum Gasteiger partial charge on any atom is 0.102 e. The molecule has 5 nitrogen and oxygen atoms in total. The number of aryl methyl sites for hydroxylation is 1. The van der Waals surface area contributed by atoms with Crippen molar-refractivity contribution in [2.24, 2.45) is 18.7 Å². The van der Waals surface area contributed by atoms with Crippen LogP contribution in [0.4, 0.5) is 0 Å². The van der Waals surface area contributed by atoms with Gasteiger partial charge < -0.3 is 10.8 Å². The van der Waals surface area contributed by atoms with E-state index in [0.717, 1.165) is 25.0 Å². The normalized spacial score (nSPS) is 29.4. The maximum atomic E-state index is 10.1. The maximum absolute atomic E-state index is 10.1. The Kier molecular flexibility index (Phi) is 2.52. The number of aliphatic hydroxyl groups excluding tert-OH is 1. The van der Waals surface area contributed by atoms with Crippen LogP contribution in [0.3, 0.4) is 0 Å². The minimum Gasteiger partial charge on any atom is -0.386 e. The Labute approximate surface area is 82.9 Å². The van der Waals surface area contributed by atoms with Crippen LogP contribution in [0.25, 0.3) is 0 Å². The standard InChI is InChI=1S/C9H16N4O/c1-13-8(5-11-12-13)9(14)6-3-2-4-7(6)10/h5-7,9,14H,2-4,10H2,1H3/t6-,7+,9?/m1/s1. The molecule has 0 aliphatic heterocycles. The molecule has 1 heterocycles. The molecular weight excluding hydrogens is 180 g/mol. The molecule has 0 bridgehead atoms. The highest BCUT2D eigenvalue weighted by atomic mass is 16.3. The highest BCUT2D eigenvalue weighted by molar-refractivity contribution is 5.03. The van der Waals surface area contributed by atoms with E-state index < -0.39 is 6.10 Å². The average molecular weight is 196 g/mol. The molecule has 78 valence electrons. The number of rotatable bonds is 2. The SMILES string of the molecule is Cn1nncc1C(O)[C@@H]1CCC[C@@H]1N. The van der Waals surface area contributed by atoms with Gasteiger partial charge in [-0.1, -0.05) is 11.6 Å². The summed E-state index contributed by atoms with van der Waals surface area (Å²) in [6.45, 7) is 0. The third kappa shape index (κ3) is 1.53. The lowest BCUT2D eigenvalue weighted by atomic mass is 9.95. The summed E-state index contributed by atoms with van der Waals surface area (Å²) in [5.74, 6) is 0.159. The fourth-order valence-corrected chi connectivity index (χ4v) is 2.19. The van der Waals surface area contributed by atoms with Crippen LogP contribution in [0.2, 0.25) is 0 Å². The number of nitrogens with zero attached hydrogens (tertiary/aromatic N) is 3. The molecule has 2 rings (SSSR count). The van der Waals surface area contributed by atoms with E-state index in [2.05, 4.69) is 10.3 Å². The van der Waals surface area contributed by atoms with Crippen LogP contribution in [0, 0.1) is 5.92 Å². The van der Waals surface area contributed by atoms with Crippen molar-refractivity contribution in [2.45, 2.75) is 31.4 Å². The van der Waals surface area contributed by atoms with Crippen LogP contribution in [-0.4, -0.2) is 26.1 Å². The number of hydrogen-bond acceptors (Lipinski definition) is 4. The van der Waals surface area contributed by atoms with Gasteiger partial charge in [-0.05, 0) is 12.8 Å². The van der Waals surface area contributed by atoms with E-state index in [4.69, 9.17) is 5.73 Å². The van der Waals surface area contributed by atoms with E-state index in [0.29, 0.717) is 0 Å². The molecule has 0 radical (unpaired) electrons. The Morgan fingerprint density at radius 1 is 1.64 bits per heavy atom. The molecule has 1 aromatic heterocycles. The third-order valence-electron chi connectivity index (χ3n) is 3.08. The van der Waals surface area contributed by atoms with Crippen molar-refractivity contribution in [3.05, 3.63) is 11.9 Å². The van der Waals surface area contributed by atoms with E-state index in [-0.39, 0.29) is 12.0 Å². The second kappa shape index (κ2) is 3.67. The molecule has 5 heteroatoms. The van der Waals surface area contributed by atoms with E-state index in [9.17, 15) is 5.11 Å². The minimum atomic E-state index is -0.521. The van der Waals surface area contributed by atoms with Gasteiger partial charge in [0.05, 0.1) is 11.9 Å². The van der Waals surface area contributed by atoms with Gasteiger partial charge in [0.1, 0.15) is 6.10 Å². The zero-order valence-corrected chi connectivity index (χ0v) is 8.30. The van der Waals surface area contributed by atoms with Gasteiger partial charge in [0.2, 0.25) is 0 Å². The van der Waals surface area contributed by atoms with Crippen molar-refractivity contribution in [2.75, 3.05) is 0 Å². The largest absolute Gasteiger partial charge is 0.386 e. The van der Waals surface area contributed by atoms with E-state index in [1.54, 1.807) is 17.9 Å². The summed E-state index contributed by atoms with van der Waals surface area (Å²) in [4.78, 5) is 0. The molecule has 0 aromatic carbocycles. The topological polar surface area (TPSA) is 77.0 Å². The Balaban J connectivity index is 2.15. The van der Waals surface area contributed by atoms with Crippen LogP contribution in [0.1, 0.15) is 31.1 Å². The predicted molar refractivity (Wildman–Crippen MR) is 51.3 cm³/mol. The second-order valence-electron chi connectivity index (χ2n) is 3.99. The number of aliphatic hydroxyl groups is 1. The lowest BCUT2D eigenvalue weighted by Crippen LogP contribution is -2.30. The molecule has 1 aliphatic carbocycles. The second-order valence-corrected chi connectivity index (χ2v) is 3.99. The van der Waals surface area contributed by atoms with Crippen molar-refractivity contribution < 1.29 is 5.11 Å². The smallest absolute Gasteiger partial charge is 0.102 e. The summed E-state index contributed by atoms with van der Waals surface area (Å²) >= 11 is 0. The Hall–Kier alpha value is -0.940. The highest BCUT2D eigenvalue weighted by Crippen LogP contribution is 2.34. The molecule has 0 spiro atoms. The molecule has 0 saturated heterocycles. The van der Waals surface area contributed by atoms with Gasteiger partial charge in [0.15, 0.2) is 0 Å². The molecule has 3 atom stereocenters. The lowest BCUT2D eigenvalue weighted by Gasteiger charge is -2.21. The van der Waals surface area contributed by atoms with Crippen LogP contribution < -0.4 is 5.73 Å². The van der Waals surface area contributed by atoms with Crippen molar-refractivity contribution in [3.8, 4) is 0 Å². The number of hydrogen-bond donors (Lipinski definition) is 2. The van der Waals surface area contributed by atoms with Gasteiger partial charge in [-0.2, -0.15) is 0 Å². The molecule has 1 unspecified atom stereocenters. The molecule has 0 amide bonds. The molecular formula is C9H16N4O. The fourth-order valence-electron chi connectivity index (χ4n) is 2.19. The van der Waals surface area contributed by atoms with Gasteiger partial charge in [-0.25, -0.2) is 4.68 Å². The van der Waals surface area contributed by atoms with Gasteiger partial charge in [-0.3, -0.25) is 0 Å². The number of aromatic nitrogens is 3. The van der Waals surface area contributed by atoms with Gasteiger partial charge in [-0.15, -0.1) is 5.10 Å². The molecule has 1 saturated carbocycles. The summed E-state index contributed by atoms with van der Waals surface area (Å²) in [6, 6.07) is 0.111. The first-order chi connectivity index (χ1) is 6.70. The molecule has 3 N–H and O–H groups in total. The zero-order chi connectivity index (χ0) is 10.1. The van der Waals surface area contributed by atoms with Crippen LogP contribution >= 0.6 is 0 Å². The Morgan fingerprint density at radius 2 is 2.43 bits per heavy atom. The predicted octanol–water partition coefficient (Wildman–Crippen LogP) is -0.0241. The first kappa shape index (κ1) is 9.61. The summed E-state index contributed by atoms with van der Waals surface area (Å²) in [5, 5.41) is 17.6. The van der Waals surface area contributed by atoms with Crippen molar-refractivity contribution in [1.82, 2.24) is 15.0 Å². The van der Waals surface area contributed by atoms with Crippen LogP contribution in [0.15, 0.2) is 6.20 Å². The van der Waals surface area contributed by atoms with E-state index >= 15 is 0 Å². The van der Waals surface area contributed by atoms with Crippen molar-refractivity contribution in [3.63, 3.8) is 0 Å². The number of nitrogens with two attached hydrogens (primary N) is 1. The van der Waals surface area contributed by atoms with Crippen LogP contribution in [0.5, 0.6) is 0 Å². The minimum absolute atomic E-state index is 0.111. The quantitative estimate of drug-likeness (QED) is 0.696. The van der Waals surface area contributed by atoms with Crippen LogP contribution in [-0.2, 0) is 7.05 Å². The summed E-state index contributed by atoms with van der Waals surface area (Å²) in [7, 11) is 1.78. The van der Waals surface area contributed by atoms with Gasteiger partial charge in [0, 0.05) is 19.0 Å². The molecule has 1 aromatic rings. The summed E-state index contributed by atoms with van der Waals surface area (Å²) in [6.07, 6.45) is 4.19. The Bertz CT molecular complexity index is 312. The molecule has 14 heavy (non-hydrogen) atoms. The lowest BCUT2D eigenvalue weighted by molar-refractivity contribution is 0.0951. The zero-order valence-electron chi connectivity index (χ0n) is 8.30. The van der Waals surface area contributed by atoms with Crippen molar-refractivity contribution in [1.29, 1.82) is 0 Å². The first-order valence-corrected chi connectivity index (χ1v) is 4.98. The third-order valence-corrected chi connectivity index (χ3v) is 3.08. The van der Waals surface area contributed by atoms with Gasteiger partial charge in [0.25, 0.3) is 0 Å². The fraction of sp³-hybridized carbons (Fsp3) is 0.778. The first-order valence-electron chi connectivity index (χ1n) is 4.98. The van der Waals surface area contributed by atoms with Crippen molar-refractivity contribution >= 4 is 0 Å². The monoisotopic (exact) mass is 196 g/mol. The van der Waals surface area contributed by atoms with E-state index in [1.165, 1.54) is 0 Å². The van der Waals surface area contributed by atoms with Gasteiger partial charge >= 0.3 is 0 Å². The summed E-state index contributed by atoms with van der Waals surface area (Å²) < 4.78 is 1.61. The molecule has 1 aliphatic rings. The average Bonchev–Trinajstić information content (AvgIpc) is 2.73. The Morgan fingerprint density at radius 3 is 2.93 bits per heavy atom. The van der Waals surface area contributed by atoms with E-state index in [1.807, 2.05) is 0 Å².